The summed E-state index contributed by atoms with van der Waals surface area (Å²) in [4.78, 5) is 2.04. The minimum absolute atomic E-state index is 0. The molecule has 1 aliphatic rings. The lowest BCUT2D eigenvalue weighted by Crippen LogP contribution is -2.45. The molecule has 23 heavy (non-hydrogen) atoms. The number of nitrogens with one attached hydrogen (secondary N) is 1. The molecule has 1 saturated heterocycles. The zero-order chi connectivity index (χ0) is 16.2. The number of unbranched alkanes of at least 4 members (excludes halogenated alkanes) is 1. The molecule has 2 nitrogen and oxygen atoms in total. The SMILES string of the molecule is CCCC[C@H](c1cccc(F)c1C(F)(F)F)N1CCNCC1.Cl. The van der Waals surface area contributed by atoms with Crippen molar-refractivity contribution in [2.24, 2.45) is 0 Å². The van der Waals surface area contributed by atoms with Gasteiger partial charge < -0.3 is 5.32 Å². The quantitative estimate of drug-likeness (QED) is 0.788. The summed E-state index contributed by atoms with van der Waals surface area (Å²) in [6.07, 6.45) is -2.33. The lowest BCUT2D eigenvalue weighted by molar-refractivity contribution is -0.141. The minimum Gasteiger partial charge on any atom is -0.314 e. The largest absolute Gasteiger partial charge is 0.419 e. The van der Waals surface area contributed by atoms with E-state index in [2.05, 4.69) is 5.32 Å². The van der Waals surface area contributed by atoms with Crippen LogP contribution in [0.1, 0.15) is 43.4 Å². The molecule has 2 rings (SSSR count). The van der Waals surface area contributed by atoms with Crippen molar-refractivity contribution in [3.05, 3.63) is 35.1 Å². The Balaban J connectivity index is 0.00000264. The van der Waals surface area contributed by atoms with Crippen LogP contribution in [0, 0.1) is 5.82 Å². The first kappa shape index (κ1) is 20.2. The predicted molar refractivity (Wildman–Crippen MR) is 85.4 cm³/mol. The van der Waals surface area contributed by atoms with Crippen molar-refractivity contribution in [2.45, 2.75) is 38.4 Å². The Hall–Kier alpha value is -0.850. The molecule has 0 aliphatic carbocycles. The fourth-order valence-electron chi connectivity index (χ4n) is 3.04. The molecule has 1 aromatic carbocycles. The van der Waals surface area contributed by atoms with Gasteiger partial charge in [-0.1, -0.05) is 31.9 Å². The summed E-state index contributed by atoms with van der Waals surface area (Å²) in [5, 5.41) is 3.20. The van der Waals surface area contributed by atoms with Gasteiger partial charge in [-0.15, -0.1) is 12.4 Å². The highest BCUT2D eigenvalue weighted by atomic mass is 35.5. The van der Waals surface area contributed by atoms with E-state index in [0.29, 0.717) is 19.5 Å². The maximum atomic E-state index is 13.8. The summed E-state index contributed by atoms with van der Waals surface area (Å²) in [6, 6.07) is 3.31. The number of rotatable bonds is 5. The van der Waals surface area contributed by atoms with Crippen LogP contribution in [0.4, 0.5) is 17.6 Å². The van der Waals surface area contributed by atoms with E-state index < -0.39 is 17.6 Å². The molecular weight excluding hydrogens is 332 g/mol. The molecule has 0 spiro atoms. The van der Waals surface area contributed by atoms with Gasteiger partial charge >= 0.3 is 6.18 Å². The second-order valence-electron chi connectivity index (χ2n) is 5.65. The molecule has 0 radical (unpaired) electrons. The van der Waals surface area contributed by atoms with E-state index in [1.54, 1.807) is 0 Å². The fourth-order valence-corrected chi connectivity index (χ4v) is 3.04. The normalized spacial score (nSPS) is 17.6. The summed E-state index contributed by atoms with van der Waals surface area (Å²) in [5.41, 5.74) is -1.03. The second-order valence-corrected chi connectivity index (χ2v) is 5.65. The molecule has 0 amide bonds. The third-order valence-corrected chi connectivity index (χ3v) is 4.11. The van der Waals surface area contributed by atoms with Crippen LogP contribution in [0.3, 0.4) is 0 Å². The van der Waals surface area contributed by atoms with Crippen LogP contribution in [0.2, 0.25) is 0 Å². The van der Waals surface area contributed by atoms with Crippen LogP contribution in [-0.2, 0) is 6.18 Å². The van der Waals surface area contributed by atoms with Gasteiger partial charge in [-0.05, 0) is 18.1 Å². The summed E-state index contributed by atoms with van der Waals surface area (Å²) in [5.74, 6) is -1.18. The number of benzene rings is 1. The Bertz CT molecular complexity index is 487. The second kappa shape index (κ2) is 8.85. The van der Waals surface area contributed by atoms with E-state index in [9.17, 15) is 17.6 Å². The van der Waals surface area contributed by atoms with Crippen LogP contribution in [0.25, 0.3) is 0 Å². The van der Waals surface area contributed by atoms with Crippen molar-refractivity contribution >= 4 is 12.4 Å². The van der Waals surface area contributed by atoms with Gasteiger partial charge in [0.1, 0.15) is 5.82 Å². The molecular formula is C16H23ClF4N2. The zero-order valence-corrected chi connectivity index (χ0v) is 13.9. The molecule has 0 unspecified atom stereocenters. The number of nitrogens with zero attached hydrogens (tertiary/aromatic N) is 1. The molecule has 0 saturated carbocycles. The van der Waals surface area contributed by atoms with Crippen molar-refractivity contribution in [1.29, 1.82) is 0 Å². The van der Waals surface area contributed by atoms with Crippen LogP contribution < -0.4 is 5.32 Å². The molecule has 0 bridgehead atoms. The van der Waals surface area contributed by atoms with E-state index in [0.717, 1.165) is 32.0 Å². The fraction of sp³-hybridized carbons (Fsp3) is 0.625. The van der Waals surface area contributed by atoms with E-state index in [4.69, 9.17) is 0 Å². The highest BCUT2D eigenvalue weighted by molar-refractivity contribution is 5.85. The highest BCUT2D eigenvalue weighted by Gasteiger charge is 2.39. The molecule has 1 N–H and O–H groups in total. The lowest BCUT2D eigenvalue weighted by atomic mass is 9.93. The van der Waals surface area contributed by atoms with Crippen molar-refractivity contribution in [2.75, 3.05) is 26.2 Å². The molecule has 1 heterocycles. The number of hydrogen-bond donors (Lipinski definition) is 1. The van der Waals surface area contributed by atoms with Crippen molar-refractivity contribution in [3.8, 4) is 0 Å². The smallest absolute Gasteiger partial charge is 0.314 e. The Labute approximate surface area is 140 Å². The van der Waals surface area contributed by atoms with Crippen molar-refractivity contribution in [1.82, 2.24) is 10.2 Å². The minimum atomic E-state index is -4.67. The molecule has 7 heteroatoms. The average molecular weight is 355 g/mol. The van der Waals surface area contributed by atoms with Gasteiger partial charge in [0, 0.05) is 32.2 Å². The molecule has 1 aromatic rings. The molecule has 0 aromatic heterocycles. The topological polar surface area (TPSA) is 15.3 Å². The predicted octanol–water partition coefficient (Wildman–Crippen LogP) is 4.40. The molecule has 1 aliphatic heterocycles. The monoisotopic (exact) mass is 354 g/mol. The standard InChI is InChI=1S/C16H22F4N2.ClH/c1-2-3-7-14(22-10-8-21-9-11-22)12-5-4-6-13(17)15(12)16(18,19)20;/h4-6,14,21H,2-3,7-11H2,1H3;1H/t14-;/m1./s1. The number of alkyl halides is 3. The highest BCUT2D eigenvalue weighted by Crippen LogP contribution is 2.39. The first-order valence-electron chi connectivity index (χ1n) is 7.75. The van der Waals surface area contributed by atoms with Gasteiger partial charge in [0.15, 0.2) is 0 Å². The zero-order valence-electron chi connectivity index (χ0n) is 13.1. The van der Waals surface area contributed by atoms with Crippen molar-refractivity contribution < 1.29 is 17.6 Å². The number of hydrogen-bond acceptors (Lipinski definition) is 2. The summed E-state index contributed by atoms with van der Waals surface area (Å²) >= 11 is 0. The summed E-state index contributed by atoms with van der Waals surface area (Å²) in [6.45, 7) is 4.87. The molecule has 132 valence electrons. The Morgan fingerprint density at radius 2 is 1.87 bits per heavy atom. The summed E-state index contributed by atoms with van der Waals surface area (Å²) in [7, 11) is 0. The Morgan fingerprint density at radius 1 is 1.22 bits per heavy atom. The van der Waals surface area contributed by atoms with Crippen LogP contribution in [0.5, 0.6) is 0 Å². The number of halogens is 5. The maximum Gasteiger partial charge on any atom is 0.419 e. The van der Waals surface area contributed by atoms with Gasteiger partial charge in [-0.25, -0.2) is 4.39 Å². The average Bonchev–Trinajstić information content (AvgIpc) is 2.47. The van der Waals surface area contributed by atoms with Gasteiger partial charge in [-0.3, -0.25) is 4.90 Å². The third kappa shape index (κ3) is 5.06. The van der Waals surface area contributed by atoms with Gasteiger partial charge in [0.25, 0.3) is 0 Å². The van der Waals surface area contributed by atoms with Crippen LogP contribution >= 0.6 is 12.4 Å². The van der Waals surface area contributed by atoms with E-state index in [1.165, 1.54) is 12.1 Å². The Kier molecular flexibility index (Phi) is 7.77. The van der Waals surface area contributed by atoms with Crippen molar-refractivity contribution in [3.63, 3.8) is 0 Å². The lowest BCUT2D eigenvalue weighted by Gasteiger charge is -2.36. The van der Waals surface area contributed by atoms with E-state index in [-0.39, 0.29) is 24.0 Å². The molecule has 1 fully saturated rings. The van der Waals surface area contributed by atoms with Gasteiger partial charge in [-0.2, -0.15) is 13.2 Å². The first-order chi connectivity index (χ1) is 10.4. The third-order valence-electron chi connectivity index (χ3n) is 4.11. The van der Waals surface area contributed by atoms with Crippen LogP contribution in [0.15, 0.2) is 18.2 Å². The van der Waals surface area contributed by atoms with E-state index >= 15 is 0 Å². The summed E-state index contributed by atoms with van der Waals surface area (Å²) < 4.78 is 53.7. The Morgan fingerprint density at radius 3 is 2.43 bits per heavy atom. The van der Waals surface area contributed by atoms with Gasteiger partial charge in [0.05, 0.1) is 5.56 Å². The first-order valence-corrected chi connectivity index (χ1v) is 7.75. The molecule has 1 atom stereocenters. The maximum absolute atomic E-state index is 13.8. The van der Waals surface area contributed by atoms with E-state index in [1.807, 2.05) is 11.8 Å². The van der Waals surface area contributed by atoms with Crippen LogP contribution in [-0.4, -0.2) is 31.1 Å². The van der Waals surface area contributed by atoms with Gasteiger partial charge in [0.2, 0.25) is 0 Å². The number of piperazine rings is 1.